The predicted octanol–water partition coefficient (Wildman–Crippen LogP) is 0.0892. The molecule has 1 heterocycles. The van der Waals surface area contributed by atoms with Crippen molar-refractivity contribution < 1.29 is 9.18 Å². The number of nitrogens with two attached hydrogens (primary N) is 1. The van der Waals surface area contributed by atoms with E-state index in [4.69, 9.17) is 5.73 Å². The third kappa shape index (κ3) is 2.30. The van der Waals surface area contributed by atoms with Gasteiger partial charge in [-0.15, -0.1) is 0 Å². The van der Waals surface area contributed by atoms with Crippen molar-refractivity contribution in [3.05, 3.63) is 30.1 Å². The van der Waals surface area contributed by atoms with Crippen molar-refractivity contribution in [1.29, 1.82) is 0 Å². The molecule has 1 amide bonds. The summed E-state index contributed by atoms with van der Waals surface area (Å²) in [4.78, 5) is 13.3. The Morgan fingerprint density at radius 2 is 2.12 bits per heavy atom. The molecular weight excluding hydrogens is 209 g/mol. The number of benzene rings is 1. The van der Waals surface area contributed by atoms with E-state index in [1.54, 1.807) is 12.1 Å². The van der Waals surface area contributed by atoms with Crippen molar-refractivity contribution in [1.82, 2.24) is 5.32 Å². The number of hydrogen-bond acceptors (Lipinski definition) is 3. The molecule has 1 aliphatic rings. The molecule has 16 heavy (non-hydrogen) atoms. The standard InChI is InChI=1S/C11H14FN3O/c12-8-1-3-10(4-2-8)15-6-9(5-13)14-11(16)7-15/h1-4,9H,5-7,13H2,(H,14,16). The van der Waals surface area contributed by atoms with Gasteiger partial charge in [-0.1, -0.05) is 0 Å². The summed E-state index contributed by atoms with van der Waals surface area (Å²) in [6, 6.07) is 6.08. The first-order valence-electron chi connectivity index (χ1n) is 5.19. The second-order valence-corrected chi connectivity index (χ2v) is 3.86. The Kier molecular flexibility index (Phi) is 3.05. The molecule has 1 aromatic rings. The van der Waals surface area contributed by atoms with E-state index in [1.807, 2.05) is 4.90 Å². The minimum atomic E-state index is -0.277. The van der Waals surface area contributed by atoms with Gasteiger partial charge >= 0.3 is 0 Å². The molecule has 1 aromatic carbocycles. The lowest BCUT2D eigenvalue weighted by Crippen LogP contribution is -2.56. The number of nitrogens with zero attached hydrogens (tertiary/aromatic N) is 1. The molecule has 1 atom stereocenters. The fraction of sp³-hybridized carbons (Fsp3) is 0.364. The van der Waals surface area contributed by atoms with Crippen molar-refractivity contribution in [2.75, 3.05) is 24.5 Å². The van der Waals surface area contributed by atoms with Crippen LogP contribution in [-0.4, -0.2) is 31.6 Å². The molecule has 0 aliphatic carbocycles. The van der Waals surface area contributed by atoms with Gasteiger partial charge in [0, 0.05) is 18.8 Å². The highest BCUT2D eigenvalue weighted by atomic mass is 19.1. The smallest absolute Gasteiger partial charge is 0.239 e. The second-order valence-electron chi connectivity index (χ2n) is 3.86. The highest BCUT2D eigenvalue weighted by molar-refractivity contribution is 5.83. The molecule has 1 fully saturated rings. The number of halogens is 1. The number of amides is 1. The first kappa shape index (κ1) is 10.9. The molecule has 0 bridgehead atoms. The van der Waals surface area contributed by atoms with Gasteiger partial charge in [-0.25, -0.2) is 4.39 Å². The number of rotatable bonds is 2. The van der Waals surface area contributed by atoms with E-state index in [0.29, 0.717) is 19.6 Å². The molecule has 3 N–H and O–H groups in total. The molecule has 5 heteroatoms. The molecule has 0 saturated carbocycles. The summed E-state index contributed by atoms with van der Waals surface area (Å²) in [5, 5.41) is 2.80. The Balaban J connectivity index is 2.14. The molecule has 2 rings (SSSR count). The van der Waals surface area contributed by atoms with Crippen molar-refractivity contribution in [3.63, 3.8) is 0 Å². The molecule has 1 saturated heterocycles. The lowest BCUT2D eigenvalue weighted by molar-refractivity contribution is -0.121. The van der Waals surface area contributed by atoms with E-state index >= 15 is 0 Å². The van der Waals surface area contributed by atoms with Crippen LogP contribution in [-0.2, 0) is 4.79 Å². The summed E-state index contributed by atoms with van der Waals surface area (Å²) in [6.45, 7) is 1.36. The summed E-state index contributed by atoms with van der Waals surface area (Å²) < 4.78 is 12.8. The van der Waals surface area contributed by atoms with Gasteiger partial charge in [0.2, 0.25) is 5.91 Å². The Morgan fingerprint density at radius 1 is 1.44 bits per heavy atom. The van der Waals surface area contributed by atoms with Crippen LogP contribution in [0.15, 0.2) is 24.3 Å². The van der Waals surface area contributed by atoms with Gasteiger partial charge in [-0.2, -0.15) is 0 Å². The predicted molar refractivity (Wildman–Crippen MR) is 59.6 cm³/mol. The minimum Gasteiger partial charge on any atom is -0.360 e. The van der Waals surface area contributed by atoms with Crippen LogP contribution in [0.2, 0.25) is 0 Å². The maximum absolute atomic E-state index is 12.8. The number of nitrogens with one attached hydrogen (secondary N) is 1. The van der Waals surface area contributed by atoms with Crippen LogP contribution in [0.3, 0.4) is 0 Å². The Labute approximate surface area is 93.2 Å². The summed E-state index contributed by atoms with van der Waals surface area (Å²) in [6.07, 6.45) is 0. The maximum atomic E-state index is 12.8. The number of carbonyl (C=O) groups is 1. The van der Waals surface area contributed by atoms with E-state index in [9.17, 15) is 9.18 Å². The fourth-order valence-corrected chi connectivity index (χ4v) is 1.80. The van der Waals surface area contributed by atoms with Crippen LogP contribution >= 0.6 is 0 Å². The third-order valence-corrected chi connectivity index (χ3v) is 2.62. The van der Waals surface area contributed by atoms with Crippen LogP contribution in [0.1, 0.15) is 0 Å². The average molecular weight is 223 g/mol. The average Bonchev–Trinajstić information content (AvgIpc) is 2.29. The first-order valence-corrected chi connectivity index (χ1v) is 5.19. The number of carbonyl (C=O) groups excluding carboxylic acids is 1. The zero-order chi connectivity index (χ0) is 11.5. The molecule has 1 unspecified atom stereocenters. The van der Waals surface area contributed by atoms with Gasteiger partial charge in [0.15, 0.2) is 0 Å². The normalized spacial score (nSPS) is 20.8. The molecule has 0 spiro atoms. The van der Waals surface area contributed by atoms with E-state index in [1.165, 1.54) is 12.1 Å². The topological polar surface area (TPSA) is 58.4 Å². The third-order valence-electron chi connectivity index (χ3n) is 2.62. The highest BCUT2D eigenvalue weighted by Crippen LogP contribution is 2.16. The van der Waals surface area contributed by atoms with Crippen LogP contribution in [0.25, 0.3) is 0 Å². The zero-order valence-electron chi connectivity index (χ0n) is 8.82. The summed E-state index contributed by atoms with van der Waals surface area (Å²) in [5.41, 5.74) is 6.37. The van der Waals surface area contributed by atoms with E-state index in [0.717, 1.165) is 5.69 Å². The van der Waals surface area contributed by atoms with Gasteiger partial charge < -0.3 is 16.0 Å². The SMILES string of the molecule is NCC1CN(c2ccc(F)cc2)CC(=O)N1. The zero-order valence-corrected chi connectivity index (χ0v) is 8.82. The van der Waals surface area contributed by atoms with Crippen LogP contribution in [0, 0.1) is 5.82 Å². The molecule has 0 radical (unpaired) electrons. The van der Waals surface area contributed by atoms with Crippen LogP contribution < -0.4 is 16.0 Å². The van der Waals surface area contributed by atoms with Crippen molar-refractivity contribution in [2.45, 2.75) is 6.04 Å². The molecular formula is C11H14FN3O. The summed E-state index contributed by atoms with van der Waals surface area (Å²) >= 11 is 0. The van der Waals surface area contributed by atoms with Crippen molar-refractivity contribution >= 4 is 11.6 Å². The summed E-state index contributed by atoms with van der Waals surface area (Å²) in [7, 11) is 0. The van der Waals surface area contributed by atoms with Gasteiger partial charge in [0.25, 0.3) is 0 Å². The second kappa shape index (κ2) is 4.49. The number of piperazine rings is 1. The van der Waals surface area contributed by atoms with Crippen LogP contribution in [0.5, 0.6) is 0 Å². The molecule has 4 nitrogen and oxygen atoms in total. The van der Waals surface area contributed by atoms with Crippen molar-refractivity contribution in [3.8, 4) is 0 Å². The number of hydrogen-bond donors (Lipinski definition) is 2. The Morgan fingerprint density at radius 3 is 2.75 bits per heavy atom. The first-order chi connectivity index (χ1) is 7.69. The van der Waals surface area contributed by atoms with Crippen molar-refractivity contribution in [2.24, 2.45) is 5.73 Å². The highest BCUT2D eigenvalue weighted by Gasteiger charge is 2.23. The monoisotopic (exact) mass is 223 g/mol. The number of anilines is 1. The Hall–Kier alpha value is -1.62. The van der Waals surface area contributed by atoms with E-state index < -0.39 is 0 Å². The molecule has 1 aliphatic heterocycles. The van der Waals surface area contributed by atoms with Gasteiger partial charge in [-0.05, 0) is 24.3 Å². The van der Waals surface area contributed by atoms with Gasteiger partial charge in [0.1, 0.15) is 5.82 Å². The molecule has 0 aromatic heterocycles. The van der Waals surface area contributed by atoms with E-state index in [2.05, 4.69) is 5.32 Å². The Bertz CT molecular complexity index is 379. The fourth-order valence-electron chi connectivity index (χ4n) is 1.80. The minimum absolute atomic E-state index is 0.0358. The van der Waals surface area contributed by atoms with Crippen LogP contribution in [0.4, 0.5) is 10.1 Å². The quantitative estimate of drug-likeness (QED) is 0.747. The van der Waals surface area contributed by atoms with E-state index in [-0.39, 0.29) is 17.8 Å². The maximum Gasteiger partial charge on any atom is 0.239 e. The lowest BCUT2D eigenvalue weighted by Gasteiger charge is -2.33. The lowest BCUT2D eigenvalue weighted by atomic mass is 10.2. The van der Waals surface area contributed by atoms with Gasteiger partial charge in [0.05, 0.1) is 12.6 Å². The van der Waals surface area contributed by atoms with Gasteiger partial charge in [-0.3, -0.25) is 4.79 Å². The summed E-state index contributed by atoms with van der Waals surface area (Å²) in [5.74, 6) is -0.327. The largest absolute Gasteiger partial charge is 0.360 e. The molecule has 86 valence electrons.